The molecular formula is C21H32FNO3. The number of carbonyl (C=O) groups excluding carboxylic acids is 2. The second-order valence-corrected chi connectivity index (χ2v) is 6.69. The number of hydrogen-bond donors (Lipinski definition) is 0. The lowest BCUT2D eigenvalue weighted by molar-refractivity contribution is -0.144. The van der Waals surface area contributed by atoms with Crippen molar-refractivity contribution in [3.8, 4) is 0 Å². The van der Waals surface area contributed by atoms with Crippen LogP contribution in [0.1, 0.15) is 75.1 Å². The lowest BCUT2D eigenvalue weighted by atomic mass is 10.1. The fourth-order valence-corrected chi connectivity index (χ4v) is 2.75. The molecule has 1 rings (SSSR count). The van der Waals surface area contributed by atoms with Crippen LogP contribution in [0.5, 0.6) is 0 Å². The van der Waals surface area contributed by atoms with Crippen molar-refractivity contribution in [2.45, 2.75) is 64.7 Å². The topological polar surface area (TPSA) is 46.6 Å². The molecule has 0 saturated heterocycles. The monoisotopic (exact) mass is 365 g/mol. The minimum Gasteiger partial charge on any atom is -0.464 e. The highest BCUT2D eigenvalue weighted by Crippen LogP contribution is 2.10. The van der Waals surface area contributed by atoms with Crippen molar-refractivity contribution in [2.24, 2.45) is 0 Å². The Bertz CT molecular complexity index is 548. The molecule has 5 heteroatoms. The van der Waals surface area contributed by atoms with Crippen molar-refractivity contribution < 1.29 is 18.7 Å². The van der Waals surface area contributed by atoms with Crippen molar-refractivity contribution in [1.82, 2.24) is 4.90 Å². The number of amides is 1. The maximum Gasteiger partial charge on any atom is 0.325 e. The first-order chi connectivity index (χ1) is 12.6. The Morgan fingerprint density at radius 2 is 1.54 bits per heavy atom. The highest BCUT2D eigenvalue weighted by atomic mass is 19.1. The molecule has 0 aliphatic carbocycles. The van der Waals surface area contributed by atoms with Crippen LogP contribution in [0.4, 0.5) is 4.39 Å². The quantitative estimate of drug-likeness (QED) is 0.366. The van der Waals surface area contributed by atoms with E-state index in [1.54, 1.807) is 6.07 Å². The average molecular weight is 365 g/mol. The number of benzene rings is 1. The summed E-state index contributed by atoms with van der Waals surface area (Å²) in [6, 6.07) is 5.74. The van der Waals surface area contributed by atoms with Gasteiger partial charge in [-0.3, -0.25) is 9.59 Å². The van der Waals surface area contributed by atoms with Crippen LogP contribution < -0.4 is 0 Å². The minimum absolute atomic E-state index is 0.0401. The molecule has 0 fully saturated rings. The first kappa shape index (κ1) is 22.1. The summed E-state index contributed by atoms with van der Waals surface area (Å²) in [4.78, 5) is 25.1. The van der Waals surface area contributed by atoms with E-state index in [1.807, 2.05) is 0 Å². The molecule has 0 aliphatic rings. The Morgan fingerprint density at radius 1 is 0.962 bits per heavy atom. The Balaban J connectivity index is 2.11. The summed E-state index contributed by atoms with van der Waals surface area (Å²) in [5.74, 6) is -1.58. The Labute approximate surface area is 156 Å². The number of likely N-dealkylation sites (N-methyl/N-ethyl adjacent to an activating group) is 1. The molecule has 1 amide bonds. The first-order valence-corrected chi connectivity index (χ1v) is 9.72. The van der Waals surface area contributed by atoms with Gasteiger partial charge in [-0.15, -0.1) is 0 Å². The summed E-state index contributed by atoms with van der Waals surface area (Å²) in [6.07, 6.45) is 10.8. The van der Waals surface area contributed by atoms with E-state index in [9.17, 15) is 14.0 Å². The van der Waals surface area contributed by atoms with Gasteiger partial charge >= 0.3 is 5.97 Å². The lowest BCUT2D eigenvalue weighted by Crippen LogP contribution is -2.33. The van der Waals surface area contributed by atoms with Gasteiger partial charge in [0.25, 0.3) is 5.91 Å². The van der Waals surface area contributed by atoms with E-state index in [-0.39, 0.29) is 12.1 Å². The van der Waals surface area contributed by atoms with Gasteiger partial charge in [0.1, 0.15) is 12.4 Å². The summed E-state index contributed by atoms with van der Waals surface area (Å²) < 4.78 is 18.8. The number of esters is 1. The van der Waals surface area contributed by atoms with Crippen LogP contribution >= 0.6 is 0 Å². The van der Waals surface area contributed by atoms with Crippen LogP contribution in [0, 0.1) is 5.82 Å². The minimum atomic E-state index is -0.590. The van der Waals surface area contributed by atoms with Gasteiger partial charge in [-0.1, -0.05) is 70.4 Å². The number of carbonyl (C=O) groups is 2. The number of unbranched alkanes of at least 4 members (excludes halogenated alkanes) is 8. The standard InChI is InChI=1S/C21H32FNO3/c1-3-4-5-6-7-8-9-10-13-16-26-20(24)17-23(2)21(25)18-14-11-12-15-19(18)22/h11-12,14-15H,3-10,13,16-17H2,1-2H3. The predicted octanol–water partition coefficient (Wildman–Crippen LogP) is 4.97. The van der Waals surface area contributed by atoms with Crippen LogP contribution in [0.15, 0.2) is 24.3 Å². The molecule has 0 unspecified atom stereocenters. The van der Waals surface area contributed by atoms with E-state index in [0.717, 1.165) is 19.3 Å². The maximum absolute atomic E-state index is 13.6. The van der Waals surface area contributed by atoms with E-state index in [4.69, 9.17) is 4.74 Å². The second-order valence-electron chi connectivity index (χ2n) is 6.69. The summed E-state index contributed by atoms with van der Waals surface area (Å²) in [6.45, 7) is 2.41. The smallest absolute Gasteiger partial charge is 0.325 e. The van der Waals surface area contributed by atoms with Gasteiger partial charge in [0, 0.05) is 7.05 Å². The molecule has 0 N–H and O–H groups in total. The third-order valence-corrected chi connectivity index (χ3v) is 4.33. The van der Waals surface area contributed by atoms with Crippen molar-refractivity contribution in [3.63, 3.8) is 0 Å². The summed E-state index contributed by atoms with van der Waals surface area (Å²) >= 11 is 0. The Morgan fingerprint density at radius 3 is 2.15 bits per heavy atom. The molecular weight excluding hydrogens is 333 g/mol. The van der Waals surface area contributed by atoms with Gasteiger partial charge in [0.2, 0.25) is 0 Å². The zero-order chi connectivity index (χ0) is 19.2. The largest absolute Gasteiger partial charge is 0.464 e. The van der Waals surface area contributed by atoms with E-state index in [2.05, 4.69) is 6.92 Å². The molecule has 0 atom stereocenters. The first-order valence-electron chi connectivity index (χ1n) is 9.72. The van der Waals surface area contributed by atoms with E-state index >= 15 is 0 Å². The number of ether oxygens (including phenoxy) is 1. The molecule has 0 aromatic heterocycles. The van der Waals surface area contributed by atoms with Crippen LogP contribution in [0.2, 0.25) is 0 Å². The summed E-state index contributed by atoms with van der Waals surface area (Å²) in [5.41, 5.74) is -0.0401. The molecule has 0 aliphatic heterocycles. The molecule has 0 heterocycles. The van der Waals surface area contributed by atoms with Crippen LogP contribution in [0.3, 0.4) is 0 Å². The van der Waals surface area contributed by atoms with E-state index in [0.29, 0.717) is 6.61 Å². The molecule has 0 radical (unpaired) electrons. The third-order valence-electron chi connectivity index (χ3n) is 4.33. The fourth-order valence-electron chi connectivity index (χ4n) is 2.75. The lowest BCUT2D eigenvalue weighted by Gasteiger charge is -2.16. The predicted molar refractivity (Wildman–Crippen MR) is 102 cm³/mol. The maximum atomic E-state index is 13.6. The van der Waals surface area contributed by atoms with Gasteiger partial charge in [-0.2, -0.15) is 0 Å². The number of rotatable bonds is 13. The van der Waals surface area contributed by atoms with Crippen molar-refractivity contribution in [3.05, 3.63) is 35.6 Å². The van der Waals surface area contributed by atoms with Crippen molar-refractivity contribution in [1.29, 1.82) is 0 Å². The highest BCUT2D eigenvalue weighted by molar-refractivity contribution is 5.96. The van der Waals surface area contributed by atoms with Gasteiger partial charge in [-0.05, 0) is 18.6 Å². The molecule has 0 bridgehead atoms. The summed E-state index contributed by atoms with van der Waals surface area (Å²) in [5, 5.41) is 0. The Kier molecular flexibility index (Phi) is 11.3. The fraction of sp³-hybridized carbons (Fsp3) is 0.619. The molecule has 146 valence electrons. The van der Waals surface area contributed by atoms with Gasteiger partial charge in [0.05, 0.1) is 12.2 Å². The van der Waals surface area contributed by atoms with Crippen molar-refractivity contribution in [2.75, 3.05) is 20.2 Å². The van der Waals surface area contributed by atoms with Crippen LogP contribution in [0.25, 0.3) is 0 Å². The second kappa shape index (κ2) is 13.3. The SMILES string of the molecule is CCCCCCCCCCCOC(=O)CN(C)C(=O)c1ccccc1F. The summed E-state index contributed by atoms with van der Waals surface area (Å²) in [7, 11) is 1.47. The van der Waals surface area contributed by atoms with E-state index in [1.165, 1.54) is 68.7 Å². The van der Waals surface area contributed by atoms with Crippen LogP contribution in [-0.2, 0) is 9.53 Å². The zero-order valence-electron chi connectivity index (χ0n) is 16.1. The van der Waals surface area contributed by atoms with Gasteiger partial charge in [-0.25, -0.2) is 4.39 Å². The number of nitrogens with zero attached hydrogens (tertiary/aromatic N) is 1. The Hall–Kier alpha value is -1.91. The average Bonchev–Trinajstić information content (AvgIpc) is 2.63. The molecule has 1 aromatic rings. The zero-order valence-corrected chi connectivity index (χ0v) is 16.1. The molecule has 4 nitrogen and oxygen atoms in total. The van der Waals surface area contributed by atoms with Crippen LogP contribution in [-0.4, -0.2) is 37.0 Å². The normalized spacial score (nSPS) is 10.6. The number of halogens is 1. The number of hydrogen-bond acceptors (Lipinski definition) is 3. The van der Waals surface area contributed by atoms with Gasteiger partial charge < -0.3 is 9.64 Å². The van der Waals surface area contributed by atoms with Crippen molar-refractivity contribution >= 4 is 11.9 Å². The van der Waals surface area contributed by atoms with Gasteiger partial charge in [0.15, 0.2) is 0 Å². The molecule has 0 spiro atoms. The molecule has 0 saturated carbocycles. The highest BCUT2D eigenvalue weighted by Gasteiger charge is 2.18. The molecule has 26 heavy (non-hydrogen) atoms. The third kappa shape index (κ3) is 8.97. The molecule has 1 aromatic carbocycles. The van der Waals surface area contributed by atoms with E-state index < -0.39 is 17.7 Å².